The number of benzene rings is 1. The van der Waals surface area contributed by atoms with Gasteiger partial charge in [-0.3, -0.25) is 9.59 Å². The lowest BCUT2D eigenvalue weighted by atomic mass is 10.1. The number of carbonyl (C=O) groups excluding carboxylic acids is 1. The lowest BCUT2D eigenvalue weighted by Gasteiger charge is -2.34. The Kier molecular flexibility index (Phi) is 6.45. The number of amides is 1. The maximum absolute atomic E-state index is 12.7. The molecule has 0 unspecified atom stereocenters. The number of hydrogen-bond acceptors (Lipinski definition) is 4. The van der Waals surface area contributed by atoms with E-state index in [2.05, 4.69) is 0 Å². The van der Waals surface area contributed by atoms with Gasteiger partial charge in [0.05, 0.1) is 0 Å². The minimum atomic E-state index is -1.04. The molecule has 1 aliphatic rings. The molecule has 1 aliphatic heterocycles. The van der Waals surface area contributed by atoms with Gasteiger partial charge in [0.15, 0.2) is 6.10 Å². The summed E-state index contributed by atoms with van der Waals surface area (Å²) in [6.07, 6.45) is 0.477. The Morgan fingerprint density at radius 3 is 2.67 bits per heavy atom. The number of carboxylic acids is 1. The fourth-order valence-corrected chi connectivity index (χ4v) is 2.83. The molecule has 1 fully saturated rings. The van der Waals surface area contributed by atoms with Crippen LogP contribution in [0.3, 0.4) is 0 Å². The average molecular weight is 356 g/mol. The first-order valence-corrected chi connectivity index (χ1v) is 8.29. The van der Waals surface area contributed by atoms with E-state index in [4.69, 9.17) is 26.2 Å². The van der Waals surface area contributed by atoms with Crippen LogP contribution in [0.5, 0.6) is 5.75 Å². The van der Waals surface area contributed by atoms with Crippen molar-refractivity contribution in [3.63, 3.8) is 0 Å². The second-order valence-electron chi connectivity index (χ2n) is 5.87. The number of carbonyl (C=O) groups is 2. The Labute approximate surface area is 146 Å². The number of hydrogen-bond donors (Lipinski definition) is 1. The summed E-state index contributed by atoms with van der Waals surface area (Å²) in [5.41, 5.74) is 0.848. The van der Waals surface area contributed by atoms with Gasteiger partial charge in [0.25, 0.3) is 5.91 Å². The molecule has 0 spiro atoms. The second-order valence-corrected chi connectivity index (χ2v) is 6.28. The van der Waals surface area contributed by atoms with E-state index in [-0.39, 0.29) is 18.5 Å². The van der Waals surface area contributed by atoms with E-state index in [0.29, 0.717) is 36.8 Å². The molecule has 1 amide bonds. The van der Waals surface area contributed by atoms with E-state index in [0.717, 1.165) is 5.56 Å². The molecule has 1 atom stereocenters. The Bertz CT molecular complexity index is 601. The van der Waals surface area contributed by atoms with Crippen molar-refractivity contribution in [2.24, 2.45) is 0 Å². The molecule has 6 nitrogen and oxygen atoms in total. The van der Waals surface area contributed by atoms with Gasteiger partial charge in [0, 0.05) is 24.3 Å². The topological polar surface area (TPSA) is 76.1 Å². The number of halogens is 1. The SMILES string of the molecule is Cc1cc(O[C@H](C)C(=O)N(CC(=O)O)C2CCOCC2)ccc1Cl. The third-order valence-electron chi connectivity index (χ3n) is 4.01. The van der Waals surface area contributed by atoms with Gasteiger partial charge >= 0.3 is 5.97 Å². The van der Waals surface area contributed by atoms with Gasteiger partial charge in [0.1, 0.15) is 12.3 Å². The van der Waals surface area contributed by atoms with Crippen molar-refractivity contribution in [3.05, 3.63) is 28.8 Å². The van der Waals surface area contributed by atoms with Crippen molar-refractivity contribution >= 4 is 23.5 Å². The first kappa shape index (κ1) is 18.5. The first-order valence-electron chi connectivity index (χ1n) is 7.91. The highest BCUT2D eigenvalue weighted by Gasteiger charge is 2.31. The average Bonchev–Trinajstić information content (AvgIpc) is 2.56. The maximum Gasteiger partial charge on any atom is 0.323 e. The van der Waals surface area contributed by atoms with E-state index in [1.165, 1.54) is 4.90 Å². The van der Waals surface area contributed by atoms with E-state index in [1.807, 2.05) is 6.92 Å². The van der Waals surface area contributed by atoms with Gasteiger partial charge in [-0.25, -0.2) is 0 Å². The lowest BCUT2D eigenvalue weighted by Crippen LogP contribution is -2.50. The Balaban J connectivity index is 2.08. The molecular weight excluding hydrogens is 334 g/mol. The van der Waals surface area contributed by atoms with Crippen LogP contribution < -0.4 is 4.74 Å². The molecule has 0 aliphatic carbocycles. The zero-order valence-electron chi connectivity index (χ0n) is 13.8. The summed E-state index contributed by atoms with van der Waals surface area (Å²) in [5.74, 6) is -0.846. The van der Waals surface area contributed by atoms with Crippen LogP contribution in [-0.4, -0.2) is 53.8 Å². The summed E-state index contributed by atoms with van der Waals surface area (Å²) < 4.78 is 11.0. The fraction of sp³-hybridized carbons (Fsp3) is 0.529. The summed E-state index contributed by atoms with van der Waals surface area (Å²) >= 11 is 5.98. The summed E-state index contributed by atoms with van der Waals surface area (Å²) in [4.78, 5) is 25.2. The molecular formula is C17H22ClNO5. The van der Waals surface area contributed by atoms with Gasteiger partial charge in [0.2, 0.25) is 0 Å². The number of aryl methyl sites for hydroxylation is 1. The van der Waals surface area contributed by atoms with Crippen LogP contribution in [0.15, 0.2) is 18.2 Å². The van der Waals surface area contributed by atoms with Crippen LogP contribution >= 0.6 is 11.6 Å². The predicted octanol–water partition coefficient (Wildman–Crippen LogP) is 2.51. The van der Waals surface area contributed by atoms with Crippen LogP contribution in [0.4, 0.5) is 0 Å². The molecule has 1 aromatic carbocycles. The van der Waals surface area contributed by atoms with E-state index in [1.54, 1.807) is 25.1 Å². The normalized spacial score (nSPS) is 16.5. The molecule has 2 rings (SSSR count). The first-order chi connectivity index (χ1) is 11.4. The quantitative estimate of drug-likeness (QED) is 0.848. The molecule has 7 heteroatoms. The molecule has 24 heavy (non-hydrogen) atoms. The molecule has 0 saturated carbocycles. The molecule has 1 saturated heterocycles. The Morgan fingerprint density at radius 2 is 2.08 bits per heavy atom. The van der Waals surface area contributed by atoms with Crippen LogP contribution in [0.1, 0.15) is 25.3 Å². The van der Waals surface area contributed by atoms with Crippen molar-refractivity contribution in [2.75, 3.05) is 19.8 Å². The van der Waals surface area contributed by atoms with Gasteiger partial charge < -0.3 is 19.5 Å². The van der Waals surface area contributed by atoms with Crippen molar-refractivity contribution < 1.29 is 24.2 Å². The van der Waals surface area contributed by atoms with Crippen molar-refractivity contribution in [1.29, 1.82) is 0 Å². The summed E-state index contributed by atoms with van der Waals surface area (Å²) in [7, 11) is 0. The Hall–Kier alpha value is -1.79. The van der Waals surface area contributed by atoms with E-state index in [9.17, 15) is 9.59 Å². The van der Waals surface area contributed by atoms with Gasteiger partial charge in [-0.2, -0.15) is 0 Å². The highest BCUT2D eigenvalue weighted by molar-refractivity contribution is 6.31. The molecule has 0 bridgehead atoms. The highest BCUT2D eigenvalue weighted by atomic mass is 35.5. The number of rotatable bonds is 6. The third-order valence-corrected chi connectivity index (χ3v) is 4.43. The van der Waals surface area contributed by atoms with Crippen molar-refractivity contribution in [2.45, 2.75) is 38.8 Å². The standard InChI is InChI=1S/C17H22ClNO5/c1-11-9-14(3-4-15(11)18)24-12(2)17(22)19(10-16(20)21)13-5-7-23-8-6-13/h3-4,9,12-13H,5-8,10H2,1-2H3,(H,20,21)/t12-/m1/s1. The fourth-order valence-electron chi connectivity index (χ4n) is 2.71. The second kappa shape index (κ2) is 8.35. The zero-order chi connectivity index (χ0) is 17.7. The molecule has 1 N–H and O–H groups in total. The number of nitrogens with zero attached hydrogens (tertiary/aromatic N) is 1. The summed E-state index contributed by atoms with van der Waals surface area (Å²) in [6.45, 7) is 4.19. The van der Waals surface area contributed by atoms with Crippen molar-refractivity contribution in [3.8, 4) is 5.75 Å². The van der Waals surface area contributed by atoms with Crippen molar-refractivity contribution in [1.82, 2.24) is 4.90 Å². The van der Waals surface area contributed by atoms with Crippen LogP contribution in [0.25, 0.3) is 0 Å². The third kappa shape index (κ3) is 4.85. The van der Waals surface area contributed by atoms with Crippen LogP contribution in [0, 0.1) is 6.92 Å². The molecule has 132 valence electrons. The monoisotopic (exact) mass is 355 g/mol. The molecule has 0 aromatic heterocycles. The smallest absolute Gasteiger partial charge is 0.323 e. The lowest BCUT2D eigenvalue weighted by molar-refractivity contribution is -0.151. The van der Waals surface area contributed by atoms with Crippen LogP contribution in [-0.2, 0) is 14.3 Å². The molecule has 0 radical (unpaired) electrons. The molecule has 1 heterocycles. The summed E-state index contributed by atoms with van der Waals surface area (Å²) in [6, 6.07) is 5.01. The highest BCUT2D eigenvalue weighted by Crippen LogP contribution is 2.23. The van der Waals surface area contributed by atoms with E-state index >= 15 is 0 Å². The summed E-state index contributed by atoms with van der Waals surface area (Å²) in [5, 5.41) is 9.74. The largest absolute Gasteiger partial charge is 0.481 e. The maximum atomic E-state index is 12.7. The van der Waals surface area contributed by atoms with Gasteiger partial charge in [-0.1, -0.05) is 11.6 Å². The van der Waals surface area contributed by atoms with Gasteiger partial charge in [-0.05, 0) is 50.5 Å². The van der Waals surface area contributed by atoms with Crippen LogP contribution in [0.2, 0.25) is 5.02 Å². The minimum absolute atomic E-state index is 0.139. The number of aliphatic carboxylic acids is 1. The minimum Gasteiger partial charge on any atom is -0.481 e. The number of ether oxygens (including phenoxy) is 2. The molecule has 1 aromatic rings. The predicted molar refractivity (Wildman–Crippen MR) is 89.5 cm³/mol. The Morgan fingerprint density at radius 1 is 1.42 bits per heavy atom. The zero-order valence-corrected chi connectivity index (χ0v) is 14.6. The number of carboxylic acid groups (broad SMARTS) is 1. The van der Waals surface area contributed by atoms with E-state index < -0.39 is 12.1 Å². The van der Waals surface area contributed by atoms with Gasteiger partial charge in [-0.15, -0.1) is 0 Å².